The number of carbonyl (C=O) groups is 1. The quantitative estimate of drug-likeness (QED) is 0.213. The molecule has 10 nitrogen and oxygen atoms in total. The second kappa shape index (κ2) is 14.4. The predicted molar refractivity (Wildman–Crippen MR) is 189 cm³/mol. The van der Waals surface area contributed by atoms with E-state index in [1.54, 1.807) is 4.90 Å². The van der Waals surface area contributed by atoms with E-state index in [-0.39, 0.29) is 19.1 Å². The Hall–Kier alpha value is -4.40. The van der Waals surface area contributed by atoms with E-state index >= 15 is 0 Å². The highest BCUT2D eigenvalue weighted by molar-refractivity contribution is 9.10. The summed E-state index contributed by atoms with van der Waals surface area (Å²) in [7, 11) is 2.14. The lowest BCUT2D eigenvalue weighted by Gasteiger charge is -2.42. The van der Waals surface area contributed by atoms with Crippen LogP contribution in [0.1, 0.15) is 36.1 Å². The van der Waals surface area contributed by atoms with Gasteiger partial charge in [-0.15, -0.1) is 0 Å². The number of aromatic nitrogens is 2. The number of fused-ring (bicyclic) bond motifs is 2. The topological polar surface area (TPSA) is 98.1 Å². The highest BCUT2D eigenvalue weighted by Gasteiger charge is 2.35. The molecule has 0 N–H and O–H groups in total. The molecule has 0 bridgehead atoms. The van der Waals surface area contributed by atoms with Crippen LogP contribution in [0.3, 0.4) is 0 Å². The first-order valence-corrected chi connectivity index (χ1v) is 17.5. The summed E-state index contributed by atoms with van der Waals surface area (Å²) < 4.78 is 13.1. The number of carbonyl (C=O) groups excluding carboxylic acids is 1. The zero-order valence-corrected chi connectivity index (χ0v) is 28.8. The molecule has 0 unspecified atom stereocenters. The van der Waals surface area contributed by atoms with Crippen molar-refractivity contribution in [2.75, 3.05) is 56.2 Å². The van der Waals surface area contributed by atoms with E-state index in [0.29, 0.717) is 44.8 Å². The van der Waals surface area contributed by atoms with Gasteiger partial charge in [0.2, 0.25) is 0 Å². The molecule has 248 valence electrons. The van der Waals surface area contributed by atoms with Crippen LogP contribution in [-0.2, 0) is 24.3 Å². The predicted octanol–water partition coefficient (Wildman–Crippen LogP) is 6.17. The number of nitriles is 1. The number of hydrogen-bond donors (Lipinski definition) is 0. The Bertz CT molecular complexity index is 1810. The van der Waals surface area contributed by atoms with Gasteiger partial charge in [0, 0.05) is 53.3 Å². The Morgan fingerprint density at radius 3 is 2.60 bits per heavy atom. The van der Waals surface area contributed by atoms with Gasteiger partial charge in [0.15, 0.2) is 0 Å². The number of likely N-dealkylation sites (tertiary alicyclic amines) is 1. The van der Waals surface area contributed by atoms with Crippen molar-refractivity contribution in [3.8, 4) is 12.1 Å². The second-order valence-electron chi connectivity index (χ2n) is 12.8. The van der Waals surface area contributed by atoms with Crippen LogP contribution in [0.4, 0.5) is 16.3 Å². The van der Waals surface area contributed by atoms with Crippen LogP contribution >= 0.6 is 15.9 Å². The van der Waals surface area contributed by atoms with Gasteiger partial charge in [-0.05, 0) is 55.9 Å². The van der Waals surface area contributed by atoms with E-state index in [1.807, 2.05) is 30.3 Å². The number of nitrogens with zero attached hydrogens (tertiary/aromatic N) is 7. The van der Waals surface area contributed by atoms with Crippen LogP contribution in [0.2, 0.25) is 0 Å². The van der Waals surface area contributed by atoms with Crippen LogP contribution < -0.4 is 14.5 Å². The minimum absolute atomic E-state index is 0.194. The van der Waals surface area contributed by atoms with Crippen molar-refractivity contribution in [3.05, 3.63) is 88.0 Å². The average molecular weight is 711 g/mol. The van der Waals surface area contributed by atoms with E-state index in [9.17, 15) is 10.1 Å². The van der Waals surface area contributed by atoms with Crippen molar-refractivity contribution in [2.24, 2.45) is 0 Å². The number of halogens is 1. The maximum absolute atomic E-state index is 13.2. The van der Waals surface area contributed by atoms with Gasteiger partial charge in [-0.2, -0.15) is 15.2 Å². The normalized spacial score (nSPS) is 19.6. The number of likely N-dealkylation sites (N-methyl/N-ethyl adjacent to an activating group) is 1. The number of ether oxygens (including phenoxy) is 2. The smallest absolute Gasteiger partial charge is 0.410 e. The first-order valence-electron chi connectivity index (χ1n) is 16.7. The van der Waals surface area contributed by atoms with Crippen molar-refractivity contribution in [3.63, 3.8) is 0 Å². The van der Waals surface area contributed by atoms with Crippen LogP contribution in [-0.4, -0.2) is 84.3 Å². The monoisotopic (exact) mass is 709 g/mol. The third-order valence-corrected chi connectivity index (χ3v) is 10.5. The lowest BCUT2D eigenvalue weighted by molar-refractivity contribution is 0.0767. The van der Waals surface area contributed by atoms with Gasteiger partial charge in [-0.3, -0.25) is 0 Å². The van der Waals surface area contributed by atoms with Crippen molar-refractivity contribution in [1.29, 1.82) is 5.26 Å². The molecule has 1 aromatic heterocycles. The van der Waals surface area contributed by atoms with Crippen molar-refractivity contribution >= 4 is 44.3 Å². The van der Waals surface area contributed by atoms with E-state index in [4.69, 9.17) is 19.4 Å². The summed E-state index contributed by atoms with van der Waals surface area (Å²) in [6, 6.07) is 25.0. The molecule has 2 fully saturated rings. The molecule has 3 aliphatic heterocycles. The Labute approximate surface area is 290 Å². The van der Waals surface area contributed by atoms with Crippen LogP contribution in [0.15, 0.2) is 71.2 Å². The summed E-state index contributed by atoms with van der Waals surface area (Å²) in [6.07, 6.45) is 2.82. The molecule has 0 spiro atoms. The third-order valence-electron chi connectivity index (χ3n) is 9.82. The first kappa shape index (κ1) is 32.2. The Balaban J connectivity index is 1.16. The third kappa shape index (κ3) is 6.78. The molecule has 48 heavy (non-hydrogen) atoms. The van der Waals surface area contributed by atoms with Gasteiger partial charge >= 0.3 is 12.1 Å². The molecule has 0 aliphatic carbocycles. The molecular weight excluding hydrogens is 670 g/mol. The molecule has 4 heterocycles. The summed E-state index contributed by atoms with van der Waals surface area (Å²) in [4.78, 5) is 31.9. The fourth-order valence-corrected chi connectivity index (χ4v) is 7.78. The Kier molecular flexibility index (Phi) is 9.64. The summed E-state index contributed by atoms with van der Waals surface area (Å²) in [5, 5.41) is 12.1. The lowest BCUT2D eigenvalue weighted by atomic mass is 10.0. The van der Waals surface area contributed by atoms with E-state index < -0.39 is 6.09 Å². The van der Waals surface area contributed by atoms with Crippen molar-refractivity contribution < 1.29 is 14.3 Å². The molecule has 2 saturated heterocycles. The maximum Gasteiger partial charge on any atom is 0.410 e. The minimum Gasteiger partial charge on any atom is -0.462 e. The van der Waals surface area contributed by atoms with Gasteiger partial charge in [-0.25, -0.2) is 4.79 Å². The van der Waals surface area contributed by atoms with Crippen molar-refractivity contribution in [2.45, 2.75) is 50.9 Å². The largest absolute Gasteiger partial charge is 0.462 e. The summed E-state index contributed by atoms with van der Waals surface area (Å²) >= 11 is 3.79. The standard InChI is InChI=1S/C37H40BrN7O3/c1-42-18-7-12-29(42)25-47-36-40-32-23-43(33-14-6-11-27-10-5-13-31(38)34(27)33)19-16-30(32)35(41-36)44-20-21-45(28(22-44)15-17-39)37(46)48-24-26-8-3-2-4-9-26/h2-6,8-11,13-14,28-29H,7,12,15-16,18-25H2,1H3/t28-,29-/m0/s1. The average Bonchev–Trinajstić information content (AvgIpc) is 3.53. The molecule has 0 radical (unpaired) electrons. The molecule has 2 atom stereocenters. The minimum atomic E-state index is -0.398. The molecule has 3 aromatic carbocycles. The highest BCUT2D eigenvalue weighted by Crippen LogP contribution is 2.37. The van der Waals surface area contributed by atoms with Gasteiger partial charge in [0.1, 0.15) is 19.0 Å². The van der Waals surface area contributed by atoms with E-state index in [2.05, 4.69) is 80.1 Å². The lowest BCUT2D eigenvalue weighted by Crippen LogP contribution is -2.55. The van der Waals surface area contributed by atoms with E-state index in [0.717, 1.165) is 65.2 Å². The fraction of sp³-hybridized carbons (Fsp3) is 0.405. The number of amides is 1. The van der Waals surface area contributed by atoms with Gasteiger partial charge in [0.25, 0.3) is 0 Å². The molecule has 4 aromatic rings. The van der Waals surface area contributed by atoms with E-state index in [1.165, 1.54) is 10.8 Å². The SMILES string of the molecule is CN1CCC[C@H]1COc1nc2c(c(N3CCN(C(=O)OCc4ccccc4)[C@@H](CC#N)C3)n1)CCN(c1cccc3cccc(Br)c13)C2. The number of anilines is 2. The number of piperazine rings is 1. The molecule has 3 aliphatic rings. The molecule has 1 amide bonds. The molecule has 11 heteroatoms. The Morgan fingerprint density at radius 1 is 0.979 bits per heavy atom. The number of rotatable bonds is 8. The summed E-state index contributed by atoms with van der Waals surface area (Å²) in [5.74, 6) is 0.841. The van der Waals surface area contributed by atoms with Crippen LogP contribution in [0.25, 0.3) is 10.8 Å². The Morgan fingerprint density at radius 2 is 1.81 bits per heavy atom. The summed E-state index contributed by atoms with van der Waals surface area (Å²) in [6.45, 7) is 4.70. The molecule has 0 saturated carbocycles. The first-order chi connectivity index (χ1) is 23.5. The fourth-order valence-electron chi connectivity index (χ4n) is 7.19. The van der Waals surface area contributed by atoms with Gasteiger partial charge in [-0.1, -0.05) is 70.5 Å². The van der Waals surface area contributed by atoms with Gasteiger partial charge < -0.3 is 29.1 Å². The maximum atomic E-state index is 13.2. The van der Waals surface area contributed by atoms with Crippen LogP contribution in [0, 0.1) is 11.3 Å². The number of benzene rings is 3. The zero-order valence-electron chi connectivity index (χ0n) is 27.2. The number of hydrogen-bond acceptors (Lipinski definition) is 9. The van der Waals surface area contributed by atoms with Crippen molar-refractivity contribution in [1.82, 2.24) is 19.8 Å². The highest BCUT2D eigenvalue weighted by atomic mass is 79.9. The van der Waals surface area contributed by atoms with Gasteiger partial charge in [0.05, 0.1) is 30.8 Å². The van der Waals surface area contributed by atoms with Crippen LogP contribution in [0.5, 0.6) is 6.01 Å². The molecular formula is C37H40BrN7O3. The summed E-state index contributed by atoms with van der Waals surface area (Å²) in [5.41, 5.74) is 4.14. The molecule has 7 rings (SSSR count). The second-order valence-corrected chi connectivity index (χ2v) is 13.7. The zero-order chi connectivity index (χ0) is 33.0.